The van der Waals surface area contributed by atoms with Crippen molar-refractivity contribution in [2.75, 3.05) is 7.11 Å². The van der Waals surface area contributed by atoms with Crippen LogP contribution in [0.15, 0.2) is 77.9 Å². The fourth-order valence-corrected chi connectivity index (χ4v) is 3.90. The van der Waals surface area contributed by atoms with Gasteiger partial charge in [0.2, 0.25) is 6.23 Å². The summed E-state index contributed by atoms with van der Waals surface area (Å²) >= 11 is 0. The number of hydrogen-bond acceptors (Lipinski definition) is 5. The summed E-state index contributed by atoms with van der Waals surface area (Å²) in [5, 5.41) is 17.2. The van der Waals surface area contributed by atoms with Crippen LogP contribution >= 0.6 is 0 Å². The number of fused-ring (bicyclic) bond motifs is 3. The molecule has 0 unspecified atom stereocenters. The molecule has 3 aromatic carbocycles. The lowest BCUT2D eigenvalue weighted by atomic mass is 9.95. The third-order valence-corrected chi connectivity index (χ3v) is 5.31. The molecule has 28 heavy (non-hydrogen) atoms. The number of benzene rings is 3. The Bertz CT molecular complexity index is 1050. The van der Waals surface area contributed by atoms with Crippen LogP contribution in [0.5, 0.6) is 17.2 Å². The van der Waals surface area contributed by atoms with Gasteiger partial charge in [0.05, 0.1) is 18.9 Å². The zero-order valence-electron chi connectivity index (χ0n) is 15.4. The van der Waals surface area contributed by atoms with Gasteiger partial charge in [-0.05, 0) is 42.5 Å². The Labute approximate surface area is 163 Å². The number of phenols is 1. The molecule has 140 valence electrons. The second kappa shape index (κ2) is 6.60. The maximum atomic E-state index is 10.3. The molecule has 0 bridgehead atoms. The molecule has 0 aliphatic carbocycles. The Kier molecular flexibility index (Phi) is 3.93. The molecule has 1 N–H and O–H groups in total. The second-order valence-electron chi connectivity index (χ2n) is 6.94. The first-order chi connectivity index (χ1) is 13.7. The lowest BCUT2D eigenvalue weighted by molar-refractivity contribution is -0.0190. The van der Waals surface area contributed by atoms with E-state index in [1.807, 2.05) is 65.7 Å². The number of ether oxygens (including phenoxy) is 2. The topological polar surface area (TPSA) is 54.3 Å². The number of nitrogens with zero attached hydrogens (tertiary/aromatic N) is 2. The van der Waals surface area contributed by atoms with E-state index >= 15 is 0 Å². The van der Waals surface area contributed by atoms with E-state index in [0.29, 0.717) is 6.42 Å². The molecular formula is C23H20N2O3. The summed E-state index contributed by atoms with van der Waals surface area (Å²) in [5.74, 6) is 1.92. The lowest BCUT2D eigenvalue weighted by Crippen LogP contribution is -2.33. The molecule has 2 atom stereocenters. The Balaban J connectivity index is 1.59. The van der Waals surface area contributed by atoms with E-state index in [9.17, 15) is 5.11 Å². The van der Waals surface area contributed by atoms with Crippen LogP contribution in [0.25, 0.3) is 0 Å². The van der Waals surface area contributed by atoms with Crippen molar-refractivity contribution >= 4 is 5.71 Å². The average Bonchev–Trinajstić information content (AvgIpc) is 3.19. The maximum Gasteiger partial charge on any atom is 0.213 e. The van der Waals surface area contributed by atoms with E-state index in [1.165, 1.54) is 0 Å². The predicted molar refractivity (Wildman–Crippen MR) is 107 cm³/mol. The fourth-order valence-electron chi connectivity index (χ4n) is 3.90. The molecule has 3 aromatic rings. The van der Waals surface area contributed by atoms with Gasteiger partial charge in [0, 0.05) is 23.1 Å². The molecule has 5 heteroatoms. The first-order valence-electron chi connectivity index (χ1n) is 9.28. The summed E-state index contributed by atoms with van der Waals surface area (Å²) in [4.78, 5) is 0. The standard InChI is InChI=1S/C23H20N2O3/c1-27-16-12-10-15(11-13-16)23-25-20(18-7-3-5-9-22(18)28-23)14-19(24-25)17-6-2-4-8-21(17)26/h2-13,20,23,26H,14H2,1H3/t20-,23+/m1/s1. The van der Waals surface area contributed by atoms with Crippen molar-refractivity contribution in [3.8, 4) is 17.2 Å². The van der Waals surface area contributed by atoms with Gasteiger partial charge < -0.3 is 14.6 Å². The van der Waals surface area contributed by atoms with Crippen LogP contribution in [0.1, 0.15) is 35.4 Å². The molecule has 0 amide bonds. The van der Waals surface area contributed by atoms with E-state index in [2.05, 4.69) is 6.07 Å². The Hall–Kier alpha value is -3.47. The zero-order valence-corrected chi connectivity index (χ0v) is 15.4. The summed E-state index contributed by atoms with van der Waals surface area (Å²) in [6, 6.07) is 23.3. The van der Waals surface area contributed by atoms with Gasteiger partial charge in [-0.3, -0.25) is 0 Å². The molecule has 0 saturated carbocycles. The normalized spacial score (nSPS) is 20.0. The minimum absolute atomic E-state index is 0.0617. The summed E-state index contributed by atoms with van der Waals surface area (Å²) in [6.07, 6.45) is 0.374. The summed E-state index contributed by atoms with van der Waals surface area (Å²) in [5.41, 5.74) is 3.74. The summed E-state index contributed by atoms with van der Waals surface area (Å²) in [6.45, 7) is 0. The van der Waals surface area contributed by atoms with E-state index in [-0.39, 0.29) is 18.0 Å². The Morgan fingerprint density at radius 2 is 1.75 bits per heavy atom. The highest BCUT2D eigenvalue weighted by Gasteiger charge is 2.41. The Morgan fingerprint density at radius 1 is 1.00 bits per heavy atom. The van der Waals surface area contributed by atoms with Crippen LogP contribution in [0, 0.1) is 0 Å². The highest BCUT2D eigenvalue weighted by molar-refractivity contribution is 6.04. The third-order valence-electron chi connectivity index (χ3n) is 5.31. The lowest BCUT2D eigenvalue weighted by Gasteiger charge is -2.38. The molecule has 2 aliphatic rings. The van der Waals surface area contributed by atoms with Gasteiger partial charge in [-0.2, -0.15) is 5.10 Å². The highest BCUT2D eigenvalue weighted by Crippen LogP contribution is 2.47. The van der Waals surface area contributed by atoms with Gasteiger partial charge in [0.1, 0.15) is 17.2 Å². The van der Waals surface area contributed by atoms with E-state index < -0.39 is 0 Å². The SMILES string of the molecule is COc1ccc([C@@H]2Oc3ccccc3[C@H]3CC(c4ccccc4O)=NN32)cc1. The number of methoxy groups -OCH3 is 1. The maximum absolute atomic E-state index is 10.3. The number of phenolic OH excluding ortho intramolecular Hbond substituents is 1. The van der Waals surface area contributed by atoms with Crippen molar-refractivity contribution in [1.82, 2.24) is 5.01 Å². The molecule has 0 radical (unpaired) electrons. The van der Waals surface area contributed by atoms with Gasteiger partial charge >= 0.3 is 0 Å². The molecule has 0 fully saturated rings. The number of aromatic hydroxyl groups is 1. The van der Waals surface area contributed by atoms with Crippen LogP contribution in [0.3, 0.4) is 0 Å². The van der Waals surface area contributed by atoms with Crippen LogP contribution in [0.2, 0.25) is 0 Å². The first-order valence-corrected chi connectivity index (χ1v) is 9.28. The number of hydrogen-bond donors (Lipinski definition) is 1. The van der Waals surface area contributed by atoms with Crippen LogP contribution in [-0.2, 0) is 0 Å². The van der Waals surface area contributed by atoms with Crippen molar-refractivity contribution in [3.05, 3.63) is 89.5 Å². The molecule has 5 rings (SSSR count). The van der Waals surface area contributed by atoms with Gasteiger partial charge in [-0.25, -0.2) is 5.01 Å². The van der Waals surface area contributed by atoms with E-state index in [1.54, 1.807) is 13.2 Å². The van der Waals surface area contributed by atoms with Crippen LogP contribution in [0.4, 0.5) is 0 Å². The number of para-hydroxylation sites is 2. The smallest absolute Gasteiger partial charge is 0.213 e. The minimum atomic E-state index is -0.339. The van der Waals surface area contributed by atoms with Crippen molar-refractivity contribution in [1.29, 1.82) is 0 Å². The Morgan fingerprint density at radius 3 is 2.54 bits per heavy atom. The molecule has 0 saturated heterocycles. The average molecular weight is 372 g/mol. The minimum Gasteiger partial charge on any atom is -0.507 e. The largest absolute Gasteiger partial charge is 0.507 e. The van der Waals surface area contributed by atoms with Crippen molar-refractivity contribution < 1.29 is 14.6 Å². The second-order valence-corrected chi connectivity index (χ2v) is 6.94. The van der Waals surface area contributed by atoms with Crippen LogP contribution < -0.4 is 9.47 Å². The molecular weight excluding hydrogens is 352 g/mol. The van der Waals surface area contributed by atoms with Crippen molar-refractivity contribution in [2.24, 2.45) is 5.10 Å². The number of rotatable bonds is 3. The predicted octanol–water partition coefficient (Wildman–Crippen LogP) is 4.64. The quantitative estimate of drug-likeness (QED) is 0.728. The summed E-state index contributed by atoms with van der Waals surface area (Å²) < 4.78 is 11.6. The zero-order chi connectivity index (χ0) is 19.1. The monoisotopic (exact) mass is 372 g/mol. The van der Waals surface area contributed by atoms with E-state index in [0.717, 1.165) is 33.9 Å². The highest BCUT2D eigenvalue weighted by atomic mass is 16.5. The van der Waals surface area contributed by atoms with Gasteiger partial charge in [-0.1, -0.05) is 30.3 Å². The number of hydrazone groups is 1. The van der Waals surface area contributed by atoms with Crippen LogP contribution in [-0.4, -0.2) is 22.9 Å². The van der Waals surface area contributed by atoms with Crippen molar-refractivity contribution in [2.45, 2.75) is 18.7 Å². The van der Waals surface area contributed by atoms with Gasteiger partial charge in [0.15, 0.2) is 0 Å². The fraction of sp³-hybridized carbons (Fsp3) is 0.174. The van der Waals surface area contributed by atoms with Crippen molar-refractivity contribution in [3.63, 3.8) is 0 Å². The molecule has 0 aromatic heterocycles. The van der Waals surface area contributed by atoms with Gasteiger partial charge in [0.25, 0.3) is 0 Å². The first kappa shape index (κ1) is 16.7. The molecule has 2 aliphatic heterocycles. The van der Waals surface area contributed by atoms with E-state index in [4.69, 9.17) is 14.6 Å². The van der Waals surface area contributed by atoms with Gasteiger partial charge in [-0.15, -0.1) is 0 Å². The third kappa shape index (κ3) is 2.67. The molecule has 0 spiro atoms. The summed E-state index contributed by atoms with van der Waals surface area (Å²) in [7, 11) is 1.65. The molecule has 5 nitrogen and oxygen atoms in total. The molecule has 2 heterocycles.